The van der Waals surface area contributed by atoms with Crippen LogP contribution >= 0.6 is 0 Å². The molecule has 1 fully saturated rings. The monoisotopic (exact) mass is 420 g/mol. The van der Waals surface area contributed by atoms with Crippen molar-refractivity contribution in [1.82, 2.24) is 14.9 Å². The summed E-state index contributed by atoms with van der Waals surface area (Å²) >= 11 is 0. The largest absolute Gasteiger partial charge is 0.493 e. The van der Waals surface area contributed by atoms with Crippen LogP contribution in [0.5, 0.6) is 23.1 Å². The number of methoxy groups -OCH3 is 1. The maximum atomic E-state index is 6.17. The third-order valence-electron chi connectivity index (χ3n) is 6.20. The molecule has 2 aliphatic heterocycles. The Morgan fingerprint density at radius 1 is 1.10 bits per heavy atom. The van der Waals surface area contributed by atoms with Gasteiger partial charge in [-0.25, -0.2) is 9.97 Å². The first-order valence-electron chi connectivity index (χ1n) is 10.9. The highest BCUT2D eigenvalue weighted by atomic mass is 16.5. The zero-order valence-corrected chi connectivity index (χ0v) is 18.1. The van der Waals surface area contributed by atoms with Crippen molar-refractivity contribution < 1.29 is 14.2 Å². The van der Waals surface area contributed by atoms with E-state index in [1.165, 1.54) is 17.6 Å². The van der Waals surface area contributed by atoms with Crippen molar-refractivity contribution in [2.75, 3.05) is 45.7 Å². The number of aromatic nitrogens is 2. The Balaban J connectivity index is 1.38. The van der Waals surface area contributed by atoms with Crippen molar-refractivity contribution in [3.63, 3.8) is 0 Å². The molecule has 0 atom stereocenters. The number of likely N-dealkylation sites (tertiary alicyclic amines) is 1. The third-order valence-corrected chi connectivity index (χ3v) is 6.20. The van der Waals surface area contributed by atoms with Gasteiger partial charge in [-0.1, -0.05) is 0 Å². The van der Waals surface area contributed by atoms with E-state index >= 15 is 0 Å². The van der Waals surface area contributed by atoms with Crippen molar-refractivity contribution in [2.45, 2.75) is 19.3 Å². The van der Waals surface area contributed by atoms with Gasteiger partial charge in [-0.2, -0.15) is 0 Å². The van der Waals surface area contributed by atoms with Gasteiger partial charge in [0.15, 0.2) is 11.5 Å². The number of nitrogens with one attached hydrogen (secondary N) is 1. The molecule has 0 aliphatic carbocycles. The first-order chi connectivity index (χ1) is 15.2. The lowest BCUT2D eigenvalue weighted by Crippen LogP contribution is -2.32. The van der Waals surface area contributed by atoms with Crippen LogP contribution < -0.4 is 19.5 Å². The van der Waals surface area contributed by atoms with Gasteiger partial charge >= 0.3 is 0 Å². The molecule has 0 amide bonds. The van der Waals surface area contributed by atoms with Crippen LogP contribution in [0.2, 0.25) is 0 Å². The summed E-state index contributed by atoms with van der Waals surface area (Å²) in [5.41, 5.74) is 3.21. The molecule has 1 N–H and O–H groups in total. The van der Waals surface area contributed by atoms with Crippen molar-refractivity contribution in [1.29, 1.82) is 0 Å². The summed E-state index contributed by atoms with van der Waals surface area (Å²) in [6, 6.07) is 9.91. The molecule has 0 unspecified atom stereocenters. The van der Waals surface area contributed by atoms with Crippen LogP contribution in [-0.2, 0) is 6.42 Å². The fraction of sp³-hybridized carbons (Fsp3) is 0.417. The van der Waals surface area contributed by atoms with Gasteiger partial charge in [0, 0.05) is 18.3 Å². The summed E-state index contributed by atoms with van der Waals surface area (Å²) in [5, 5.41) is 4.16. The van der Waals surface area contributed by atoms with Crippen molar-refractivity contribution in [3.8, 4) is 23.1 Å². The minimum absolute atomic E-state index is 0.510. The van der Waals surface area contributed by atoms with Crippen LogP contribution in [0, 0.1) is 5.92 Å². The van der Waals surface area contributed by atoms with Crippen molar-refractivity contribution in [3.05, 3.63) is 42.2 Å². The molecule has 1 aromatic heterocycles. The van der Waals surface area contributed by atoms with Crippen LogP contribution in [-0.4, -0.2) is 55.3 Å². The second-order valence-electron chi connectivity index (χ2n) is 8.35. The van der Waals surface area contributed by atoms with E-state index in [1.807, 2.05) is 18.2 Å². The number of piperidine rings is 1. The summed E-state index contributed by atoms with van der Waals surface area (Å²) in [7, 11) is 3.82. The van der Waals surface area contributed by atoms with E-state index in [9.17, 15) is 0 Å². The Kier molecular flexibility index (Phi) is 5.51. The first kappa shape index (κ1) is 19.9. The Labute approximate surface area is 182 Å². The maximum absolute atomic E-state index is 6.17. The minimum atomic E-state index is 0.510. The summed E-state index contributed by atoms with van der Waals surface area (Å²) in [5.74, 6) is 3.22. The standard InChI is InChI=1S/C24H28N4O3/c1-28-9-6-16(7-10-28)14-30-23-13-21-19(12-22(23)29-2)24(27-15-26-21)31-18-3-4-20-17(11-18)5-8-25-20/h3-4,11-13,15-16,25H,5-10,14H2,1-2H3. The van der Waals surface area contributed by atoms with E-state index < -0.39 is 0 Å². The van der Waals surface area contributed by atoms with E-state index in [2.05, 4.69) is 39.4 Å². The molecule has 0 saturated carbocycles. The van der Waals surface area contributed by atoms with Crippen LogP contribution in [0.25, 0.3) is 10.9 Å². The average Bonchev–Trinajstić information content (AvgIpc) is 3.26. The molecule has 31 heavy (non-hydrogen) atoms. The molecule has 162 valence electrons. The van der Waals surface area contributed by atoms with E-state index in [0.29, 0.717) is 29.9 Å². The number of anilines is 1. The fourth-order valence-electron chi connectivity index (χ4n) is 4.29. The number of hydrogen-bond donors (Lipinski definition) is 1. The SMILES string of the molecule is COc1cc2c(Oc3ccc4c(c3)CCN4)ncnc2cc1OCC1CCN(C)CC1. The van der Waals surface area contributed by atoms with Gasteiger partial charge in [-0.3, -0.25) is 0 Å². The molecule has 1 saturated heterocycles. The molecule has 5 rings (SSSR count). The lowest BCUT2D eigenvalue weighted by molar-refractivity contribution is 0.157. The van der Waals surface area contributed by atoms with Crippen LogP contribution in [0.3, 0.4) is 0 Å². The molecule has 3 heterocycles. The summed E-state index contributed by atoms with van der Waals surface area (Å²) < 4.78 is 17.9. The Morgan fingerprint density at radius 3 is 2.81 bits per heavy atom. The van der Waals surface area contributed by atoms with Crippen LogP contribution in [0.1, 0.15) is 18.4 Å². The van der Waals surface area contributed by atoms with Crippen molar-refractivity contribution in [2.24, 2.45) is 5.92 Å². The molecule has 7 heteroatoms. The average molecular weight is 421 g/mol. The zero-order chi connectivity index (χ0) is 21.2. The summed E-state index contributed by atoms with van der Waals surface area (Å²) in [6.45, 7) is 3.89. The molecule has 3 aromatic rings. The Morgan fingerprint density at radius 2 is 1.97 bits per heavy atom. The van der Waals surface area contributed by atoms with E-state index in [4.69, 9.17) is 14.2 Å². The molecular weight excluding hydrogens is 392 g/mol. The number of fused-ring (bicyclic) bond motifs is 2. The number of nitrogens with zero attached hydrogens (tertiary/aromatic N) is 3. The molecule has 2 aromatic carbocycles. The Bertz CT molecular complexity index is 1080. The maximum Gasteiger partial charge on any atom is 0.230 e. The number of benzene rings is 2. The van der Waals surface area contributed by atoms with Gasteiger partial charge in [0.05, 0.1) is 24.6 Å². The smallest absolute Gasteiger partial charge is 0.230 e. The predicted molar refractivity (Wildman–Crippen MR) is 121 cm³/mol. The molecule has 0 radical (unpaired) electrons. The van der Waals surface area contributed by atoms with Gasteiger partial charge in [0.2, 0.25) is 5.88 Å². The lowest BCUT2D eigenvalue weighted by Gasteiger charge is -2.28. The lowest BCUT2D eigenvalue weighted by atomic mass is 9.98. The summed E-state index contributed by atoms with van der Waals surface area (Å²) in [4.78, 5) is 11.2. The van der Waals surface area contributed by atoms with E-state index in [0.717, 1.165) is 55.5 Å². The van der Waals surface area contributed by atoms with Gasteiger partial charge in [0.25, 0.3) is 0 Å². The zero-order valence-electron chi connectivity index (χ0n) is 18.1. The summed E-state index contributed by atoms with van der Waals surface area (Å²) in [6.07, 6.45) is 4.84. The molecular formula is C24H28N4O3. The van der Waals surface area contributed by atoms with E-state index in [1.54, 1.807) is 7.11 Å². The second-order valence-corrected chi connectivity index (χ2v) is 8.35. The minimum Gasteiger partial charge on any atom is -0.493 e. The van der Waals surface area contributed by atoms with Crippen LogP contribution in [0.4, 0.5) is 5.69 Å². The highest BCUT2D eigenvalue weighted by molar-refractivity contribution is 5.87. The third kappa shape index (κ3) is 4.23. The normalized spacial score (nSPS) is 16.7. The molecule has 0 spiro atoms. The van der Waals surface area contributed by atoms with E-state index in [-0.39, 0.29) is 0 Å². The highest BCUT2D eigenvalue weighted by Crippen LogP contribution is 2.37. The number of rotatable bonds is 6. The van der Waals surface area contributed by atoms with Crippen molar-refractivity contribution >= 4 is 16.6 Å². The second kappa shape index (κ2) is 8.59. The van der Waals surface area contributed by atoms with Gasteiger partial charge in [0.1, 0.15) is 12.1 Å². The van der Waals surface area contributed by atoms with Gasteiger partial charge < -0.3 is 24.4 Å². The molecule has 0 bridgehead atoms. The van der Waals surface area contributed by atoms with Gasteiger partial charge in [-0.05, 0) is 75.1 Å². The number of ether oxygens (including phenoxy) is 3. The number of hydrogen-bond acceptors (Lipinski definition) is 7. The fourth-order valence-corrected chi connectivity index (χ4v) is 4.29. The van der Waals surface area contributed by atoms with Gasteiger partial charge in [-0.15, -0.1) is 0 Å². The molecule has 7 nitrogen and oxygen atoms in total. The predicted octanol–water partition coefficient (Wildman–Crippen LogP) is 4.12. The molecule has 2 aliphatic rings. The quantitative estimate of drug-likeness (QED) is 0.643. The Hall–Kier alpha value is -3.06. The topological polar surface area (TPSA) is 68.7 Å². The first-order valence-corrected chi connectivity index (χ1v) is 10.9. The van der Waals surface area contributed by atoms with Crippen LogP contribution in [0.15, 0.2) is 36.7 Å². The highest BCUT2D eigenvalue weighted by Gasteiger charge is 2.19.